The van der Waals surface area contributed by atoms with Gasteiger partial charge in [-0.15, -0.1) is 0 Å². The van der Waals surface area contributed by atoms with Crippen LogP contribution in [0.25, 0.3) is 0 Å². The number of likely N-dealkylation sites (tertiary alicyclic amines) is 1. The predicted molar refractivity (Wildman–Crippen MR) is 110 cm³/mol. The number of hydrogen-bond acceptors (Lipinski definition) is 5. The first-order valence-electron chi connectivity index (χ1n) is 10.2. The van der Waals surface area contributed by atoms with Crippen molar-refractivity contribution >= 4 is 11.6 Å². The lowest BCUT2D eigenvalue weighted by Gasteiger charge is -2.34. The van der Waals surface area contributed by atoms with Crippen LogP contribution >= 0.6 is 0 Å². The van der Waals surface area contributed by atoms with Crippen molar-refractivity contribution in [1.82, 2.24) is 4.90 Å². The minimum absolute atomic E-state index is 0.0371. The van der Waals surface area contributed by atoms with E-state index >= 15 is 0 Å². The number of piperidine rings is 1. The average molecular weight is 391 g/mol. The van der Waals surface area contributed by atoms with E-state index in [1.165, 1.54) is 0 Å². The Morgan fingerprint density at radius 1 is 1.28 bits per heavy atom. The molecule has 4 rings (SSSR count). The molecule has 2 aliphatic rings. The van der Waals surface area contributed by atoms with Crippen molar-refractivity contribution < 1.29 is 14.3 Å². The van der Waals surface area contributed by atoms with Gasteiger partial charge in [-0.3, -0.25) is 9.69 Å². The Morgan fingerprint density at radius 3 is 3.10 bits per heavy atom. The summed E-state index contributed by atoms with van der Waals surface area (Å²) < 4.78 is 11.3. The Balaban J connectivity index is 1.34. The van der Waals surface area contributed by atoms with Gasteiger partial charge in [-0.2, -0.15) is 5.26 Å². The van der Waals surface area contributed by atoms with Gasteiger partial charge >= 0.3 is 0 Å². The fourth-order valence-corrected chi connectivity index (χ4v) is 3.98. The normalized spacial score (nSPS) is 18.4. The quantitative estimate of drug-likeness (QED) is 0.817. The minimum Gasteiger partial charge on any atom is -0.493 e. The van der Waals surface area contributed by atoms with Gasteiger partial charge in [0.2, 0.25) is 5.91 Å². The average Bonchev–Trinajstić information content (AvgIpc) is 3.22. The number of nitriles is 1. The van der Waals surface area contributed by atoms with Gasteiger partial charge in [-0.05, 0) is 61.3 Å². The molecule has 2 heterocycles. The predicted octanol–water partition coefficient (Wildman–Crippen LogP) is 3.37. The second-order valence-electron chi connectivity index (χ2n) is 7.45. The maximum absolute atomic E-state index is 12.9. The molecule has 0 saturated carbocycles. The smallest absolute Gasteiger partial charge is 0.241 e. The van der Waals surface area contributed by atoms with Crippen molar-refractivity contribution in [3.8, 4) is 17.6 Å². The maximum atomic E-state index is 12.9. The van der Waals surface area contributed by atoms with Crippen molar-refractivity contribution in [1.29, 1.82) is 5.26 Å². The molecule has 6 heteroatoms. The molecule has 0 spiro atoms. The first-order chi connectivity index (χ1) is 14.2. The molecule has 2 aromatic rings. The first kappa shape index (κ1) is 19.3. The number of nitrogens with one attached hydrogen (secondary N) is 1. The van der Waals surface area contributed by atoms with Crippen molar-refractivity contribution in [2.45, 2.75) is 31.7 Å². The van der Waals surface area contributed by atoms with E-state index in [0.29, 0.717) is 31.1 Å². The number of hydrogen-bond donors (Lipinski definition) is 1. The lowest BCUT2D eigenvalue weighted by molar-refractivity contribution is -0.122. The molecule has 0 aromatic heterocycles. The number of carbonyl (C=O) groups excluding carboxylic acids is 1. The van der Waals surface area contributed by atoms with Gasteiger partial charge in [0.1, 0.15) is 18.1 Å². The first-order valence-corrected chi connectivity index (χ1v) is 10.2. The summed E-state index contributed by atoms with van der Waals surface area (Å²) in [5, 5.41) is 12.1. The Labute approximate surface area is 171 Å². The number of fused-ring (bicyclic) bond motifs is 1. The van der Waals surface area contributed by atoms with E-state index in [1.807, 2.05) is 30.3 Å². The number of rotatable bonds is 6. The van der Waals surface area contributed by atoms with Gasteiger partial charge in [-0.1, -0.05) is 12.5 Å². The molecule has 0 bridgehead atoms. The Bertz CT molecular complexity index is 922. The number of benzene rings is 2. The zero-order valence-electron chi connectivity index (χ0n) is 16.4. The fraction of sp³-hybridized carbons (Fsp3) is 0.391. The molecule has 1 saturated heterocycles. The van der Waals surface area contributed by atoms with Crippen LogP contribution in [0.15, 0.2) is 42.5 Å². The highest BCUT2D eigenvalue weighted by Crippen LogP contribution is 2.28. The zero-order valence-corrected chi connectivity index (χ0v) is 16.4. The highest BCUT2D eigenvalue weighted by molar-refractivity contribution is 5.95. The lowest BCUT2D eigenvalue weighted by atomic mass is 10.0. The molecule has 1 fully saturated rings. The van der Waals surface area contributed by atoms with Gasteiger partial charge in [0.25, 0.3) is 0 Å². The second-order valence-corrected chi connectivity index (χ2v) is 7.45. The van der Waals surface area contributed by atoms with Crippen LogP contribution in [0, 0.1) is 11.3 Å². The Kier molecular flexibility index (Phi) is 5.97. The van der Waals surface area contributed by atoms with Crippen LogP contribution in [0.1, 0.15) is 30.4 Å². The van der Waals surface area contributed by atoms with Crippen LogP contribution in [0.4, 0.5) is 5.69 Å². The third-order valence-electron chi connectivity index (χ3n) is 5.48. The van der Waals surface area contributed by atoms with Crippen LogP contribution in [0.5, 0.6) is 11.5 Å². The fourth-order valence-electron chi connectivity index (χ4n) is 3.98. The van der Waals surface area contributed by atoms with E-state index in [1.54, 1.807) is 12.1 Å². The number of amides is 1. The van der Waals surface area contributed by atoms with E-state index in [2.05, 4.69) is 16.3 Å². The van der Waals surface area contributed by atoms with E-state index < -0.39 is 0 Å². The van der Waals surface area contributed by atoms with E-state index in [9.17, 15) is 4.79 Å². The third kappa shape index (κ3) is 4.69. The van der Waals surface area contributed by atoms with Crippen molar-refractivity contribution in [3.05, 3.63) is 53.6 Å². The van der Waals surface area contributed by atoms with Crippen LogP contribution in [-0.4, -0.2) is 43.2 Å². The third-order valence-corrected chi connectivity index (χ3v) is 5.48. The summed E-state index contributed by atoms with van der Waals surface area (Å²) in [6.45, 7) is 2.75. The molecule has 1 amide bonds. The molecule has 2 aliphatic heterocycles. The molecule has 0 aliphatic carbocycles. The topological polar surface area (TPSA) is 74.6 Å². The molecule has 1 N–H and O–H groups in total. The number of nitrogens with zero attached hydrogens (tertiary/aromatic N) is 2. The second kappa shape index (κ2) is 8.97. The van der Waals surface area contributed by atoms with Gasteiger partial charge in [-0.25, -0.2) is 0 Å². The molecule has 1 unspecified atom stereocenters. The Hall–Kier alpha value is -3.04. The SMILES string of the molecule is N#Cc1cccc(OCCN2CCCCC2C(=O)Nc2ccc3c(c2)CCO3)c1. The highest BCUT2D eigenvalue weighted by Gasteiger charge is 2.28. The lowest BCUT2D eigenvalue weighted by Crippen LogP contribution is -2.48. The number of carbonyl (C=O) groups is 1. The molecular formula is C23H25N3O3. The van der Waals surface area contributed by atoms with Crippen LogP contribution < -0.4 is 14.8 Å². The minimum atomic E-state index is -0.151. The zero-order chi connectivity index (χ0) is 20.1. The standard InChI is InChI=1S/C23H25N3O3/c24-16-17-4-3-5-20(14-17)28-13-11-26-10-2-1-6-21(26)23(27)25-19-7-8-22-18(15-19)9-12-29-22/h3-5,7-8,14-15,21H,1-2,6,9-13H2,(H,25,27). The molecule has 0 radical (unpaired) electrons. The van der Waals surface area contributed by atoms with Gasteiger partial charge in [0, 0.05) is 18.7 Å². The van der Waals surface area contributed by atoms with Gasteiger partial charge < -0.3 is 14.8 Å². The molecule has 1 atom stereocenters. The number of ether oxygens (including phenoxy) is 2. The van der Waals surface area contributed by atoms with Crippen LogP contribution in [-0.2, 0) is 11.2 Å². The van der Waals surface area contributed by atoms with Gasteiger partial charge in [0.15, 0.2) is 0 Å². The highest BCUT2D eigenvalue weighted by atomic mass is 16.5. The summed E-state index contributed by atoms with van der Waals surface area (Å²) in [5.74, 6) is 1.64. The van der Waals surface area contributed by atoms with E-state index in [-0.39, 0.29) is 11.9 Å². The summed E-state index contributed by atoms with van der Waals surface area (Å²) >= 11 is 0. The summed E-state index contributed by atoms with van der Waals surface area (Å²) in [5.41, 5.74) is 2.56. The van der Waals surface area contributed by atoms with Crippen LogP contribution in [0.2, 0.25) is 0 Å². The van der Waals surface area contributed by atoms with Gasteiger partial charge in [0.05, 0.1) is 24.3 Å². The van der Waals surface area contributed by atoms with E-state index in [0.717, 1.165) is 49.2 Å². The molecular weight excluding hydrogens is 366 g/mol. The maximum Gasteiger partial charge on any atom is 0.241 e. The summed E-state index contributed by atoms with van der Waals surface area (Å²) in [6.07, 6.45) is 3.88. The van der Waals surface area contributed by atoms with Crippen molar-refractivity contribution in [2.24, 2.45) is 0 Å². The molecule has 150 valence electrons. The largest absolute Gasteiger partial charge is 0.493 e. The molecule has 29 heavy (non-hydrogen) atoms. The summed E-state index contributed by atoms with van der Waals surface area (Å²) in [6, 6.07) is 15.0. The van der Waals surface area contributed by atoms with Crippen LogP contribution in [0.3, 0.4) is 0 Å². The summed E-state index contributed by atoms with van der Waals surface area (Å²) in [4.78, 5) is 15.1. The Morgan fingerprint density at radius 2 is 2.21 bits per heavy atom. The monoisotopic (exact) mass is 391 g/mol. The van der Waals surface area contributed by atoms with Crippen molar-refractivity contribution in [3.63, 3.8) is 0 Å². The molecule has 6 nitrogen and oxygen atoms in total. The molecule has 2 aromatic carbocycles. The van der Waals surface area contributed by atoms with E-state index in [4.69, 9.17) is 14.7 Å². The summed E-state index contributed by atoms with van der Waals surface area (Å²) in [7, 11) is 0. The number of anilines is 1. The van der Waals surface area contributed by atoms with Crippen molar-refractivity contribution in [2.75, 3.05) is 31.6 Å².